The van der Waals surface area contributed by atoms with Crippen LogP contribution in [-0.2, 0) is 9.84 Å². The monoisotopic (exact) mass is 626 g/mol. The van der Waals surface area contributed by atoms with Crippen LogP contribution in [0.4, 0.5) is 19.1 Å². The number of hydrogen-bond acceptors (Lipinski definition) is 8. The molecule has 3 heterocycles. The first-order valence-electron chi connectivity index (χ1n) is 11.7. The predicted molar refractivity (Wildman–Crippen MR) is 128 cm³/mol. The highest BCUT2D eigenvalue weighted by Gasteiger charge is 2.47. The van der Waals surface area contributed by atoms with Crippen LogP contribution in [0.2, 0.25) is 0 Å². The first-order valence-corrected chi connectivity index (χ1v) is 14.7. The van der Waals surface area contributed by atoms with E-state index in [1.165, 1.54) is 0 Å². The molecule has 5 rings (SSSR count). The van der Waals surface area contributed by atoms with Crippen LogP contribution >= 0.6 is 22.6 Å². The lowest BCUT2D eigenvalue weighted by molar-refractivity contribution is -0.0436. The summed E-state index contributed by atoms with van der Waals surface area (Å²) >= 11 is 2.40. The van der Waals surface area contributed by atoms with Crippen molar-refractivity contribution in [3.63, 3.8) is 0 Å². The Kier molecular flexibility index (Phi) is 6.92. The summed E-state index contributed by atoms with van der Waals surface area (Å²) in [7, 11) is -5.40. The Morgan fingerprint density at radius 3 is 2.57 bits per heavy atom. The minimum atomic E-state index is -5.40. The molecule has 0 aromatic carbocycles. The maximum Gasteiger partial charge on any atom is 0.501 e. The number of piperidine rings is 1. The number of aromatic nitrogens is 3. The summed E-state index contributed by atoms with van der Waals surface area (Å²) < 4.78 is 72.8. The fourth-order valence-electron chi connectivity index (χ4n) is 4.99. The molecule has 3 aliphatic rings. The van der Waals surface area contributed by atoms with Gasteiger partial charge in [-0.3, -0.25) is 0 Å². The van der Waals surface area contributed by atoms with E-state index in [0.29, 0.717) is 48.3 Å². The minimum absolute atomic E-state index is 0.118. The van der Waals surface area contributed by atoms with Gasteiger partial charge in [-0.05, 0) is 67.0 Å². The molecule has 0 bridgehead atoms. The zero-order valence-corrected chi connectivity index (χ0v) is 21.8. The van der Waals surface area contributed by atoms with E-state index >= 15 is 0 Å². The van der Waals surface area contributed by atoms with Gasteiger partial charge in [-0.1, -0.05) is 22.6 Å². The maximum atomic E-state index is 12.6. The van der Waals surface area contributed by atoms with Crippen molar-refractivity contribution in [1.82, 2.24) is 15.1 Å². The molecular weight excluding hydrogens is 600 g/mol. The van der Waals surface area contributed by atoms with Crippen LogP contribution in [-0.4, -0.2) is 53.2 Å². The number of rotatable bonds is 9. The maximum absolute atomic E-state index is 12.6. The van der Waals surface area contributed by atoms with Gasteiger partial charge in [0.2, 0.25) is 11.8 Å². The van der Waals surface area contributed by atoms with Crippen LogP contribution in [0.3, 0.4) is 0 Å². The van der Waals surface area contributed by atoms with Crippen LogP contribution in [0.25, 0.3) is 0 Å². The van der Waals surface area contributed by atoms with Crippen LogP contribution in [0.1, 0.15) is 43.9 Å². The highest BCUT2D eigenvalue weighted by molar-refractivity contribution is 14.1. The third-order valence-corrected chi connectivity index (χ3v) is 9.94. The number of sulfone groups is 1. The van der Waals surface area contributed by atoms with E-state index < -0.39 is 20.2 Å². The molecule has 1 saturated heterocycles. The first-order chi connectivity index (χ1) is 16.7. The van der Waals surface area contributed by atoms with Crippen LogP contribution in [0.15, 0.2) is 27.7 Å². The summed E-state index contributed by atoms with van der Waals surface area (Å²) in [5.41, 5.74) is -5.35. The molecular formula is C22H26F3IN4O4S. The molecule has 2 unspecified atom stereocenters. The SMILES string of the molecule is O=S(=O)(c1ccc(OCC[C@@H]2C[C@@H]2C2CCN(c3noc(C4CC4CI)n3)CC2)nc1)C(F)(F)F. The van der Waals surface area contributed by atoms with E-state index in [4.69, 9.17) is 9.26 Å². The Labute approximate surface area is 215 Å². The molecule has 0 spiro atoms. The largest absolute Gasteiger partial charge is 0.501 e. The summed E-state index contributed by atoms with van der Waals surface area (Å²) in [4.78, 5) is 9.67. The van der Waals surface area contributed by atoms with E-state index in [1.807, 2.05) is 0 Å². The minimum Gasteiger partial charge on any atom is -0.478 e. The number of anilines is 1. The molecule has 2 aromatic rings. The second kappa shape index (κ2) is 9.67. The lowest BCUT2D eigenvalue weighted by Crippen LogP contribution is -2.35. The van der Waals surface area contributed by atoms with Gasteiger partial charge in [0.1, 0.15) is 0 Å². The summed E-state index contributed by atoms with van der Waals surface area (Å²) in [6, 6.07) is 2.03. The number of pyridine rings is 1. The normalized spacial score (nSPS) is 27.1. The van der Waals surface area contributed by atoms with Gasteiger partial charge in [0.25, 0.3) is 15.8 Å². The second-order valence-corrected chi connectivity index (χ2v) is 12.4. The molecule has 0 N–H and O–H groups in total. The average molecular weight is 626 g/mol. The number of alkyl halides is 4. The number of hydrogen-bond donors (Lipinski definition) is 0. The van der Waals surface area contributed by atoms with Gasteiger partial charge in [0.05, 0.1) is 11.5 Å². The van der Waals surface area contributed by atoms with Gasteiger partial charge in [0, 0.05) is 35.7 Å². The van der Waals surface area contributed by atoms with Crippen molar-refractivity contribution in [3.05, 3.63) is 24.2 Å². The van der Waals surface area contributed by atoms with Crippen molar-refractivity contribution in [2.75, 3.05) is 29.0 Å². The van der Waals surface area contributed by atoms with Gasteiger partial charge in [-0.15, -0.1) is 0 Å². The van der Waals surface area contributed by atoms with Gasteiger partial charge in [-0.2, -0.15) is 18.2 Å². The van der Waals surface area contributed by atoms with E-state index in [1.54, 1.807) is 0 Å². The summed E-state index contributed by atoms with van der Waals surface area (Å²) in [5, 5.41) is 4.20. The first kappa shape index (κ1) is 25.0. The summed E-state index contributed by atoms with van der Waals surface area (Å²) in [6.45, 7) is 2.23. The quantitative estimate of drug-likeness (QED) is 0.294. The third kappa shape index (κ3) is 5.39. The molecule has 4 atom stereocenters. The Balaban J connectivity index is 1.03. The van der Waals surface area contributed by atoms with Crippen LogP contribution in [0.5, 0.6) is 5.88 Å². The fourth-order valence-corrected chi connectivity index (χ4v) is 6.67. The Bertz CT molecular complexity index is 1140. The lowest BCUT2D eigenvalue weighted by atomic mass is 9.90. The number of nitrogens with zero attached hydrogens (tertiary/aromatic N) is 4. The van der Waals surface area contributed by atoms with E-state index in [-0.39, 0.29) is 5.88 Å². The zero-order valence-electron chi connectivity index (χ0n) is 18.8. The summed E-state index contributed by atoms with van der Waals surface area (Å²) in [5.74, 6) is 4.58. The van der Waals surface area contributed by atoms with E-state index in [9.17, 15) is 21.6 Å². The highest BCUT2D eigenvalue weighted by atomic mass is 127. The molecule has 0 amide bonds. The molecule has 1 aliphatic heterocycles. The smallest absolute Gasteiger partial charge is 0.478 e. The second-order valence-electron chi connectivity index (χ2n) is 9.59. The molecule has 13 heteroatoms. The zero-order chi connectivity index (χ0) is 24.8. The van der Waals surface area contributed by atoms with Gasteiger partial charge in [0.15, 0.2) is 0 Å². The van der Waals surface area contributed by atoms with E-state index in [0.717, 1.165) is 67.6 Å². The number of ether oxygens (including phenoxy) is 1. The Morgan fingerprint density at radius 1 is 1.17 bits per heavy atom. The standard InChI is InChI=1S/C22H26F3IN4O4S/c23-22(24,25)35(31,32)16-1-2-19(27-12-16)33-8-5-14-9-17(14)13-3-6-30(7-4-13)21-28-20(34-29-21)18-10-15(18)11-26/h1-2,12-15,17-18H,3-11H2/t14-,15?,17-,18?/m1/s1. The van der Waals surface area contributed by atoms with E-state index in [2.05, 4.69) is 42.6 Å². The van der Waals surface area contributed by atoms with Crippen molar-refractivity contribution in [3.8, 4) is 5.88 Å². The summed E-state index contributed by atoms with van der Waals surface area (Å²) in [6.07, 6.45) is 5.98. The van der Waals surface area contributed by atoms with Crippen LogP contribution in [0, 0.1) is 23.7 Å². The van der Waals surface area contributed by atoms with Crippen molar-refractivity contribution in [1.29, 1.82) is 0 Å². The Morgan fingerprint density at radius 2 is 1.94 bits per heavy atom. The fraction of sp³-hybridized carbons (Fsp3) is 0.682. The molecule has 192 valence electrons. The lowest BCUT2D eigenvalue weighted by Gasteiger charge is -2.31. The molecule has 35 heavy (non-hydrogen) atoms. The Hall–Kier alpha value is -1.64. The van der Waals surface area contributed by atoms with Gasteiger partial charge >= 0.3 is 5.51 Å². The third-order valence-electron chi connectivity index (χ3n) is 7.34. The van der Waals surface area contributed by atoms with Crippen LogP contribution < -0.4 is 9.64 Å². The highest BCUT2D eigenvalue weighted by Crippen LogP contribution is 2.50. The van der Waals surface area contributed by atoms with Gasteiger partial charge in [-0.25, -0.2) is 13.4 Å². The molecule has 2 saturated carbocycles. The van der Waals surface area contributed by atoms with Gasteiger partial charge < -0.3 is 14.2 Å². The van der Waals surface area contributed by atoms with Crippen molar-refractivity contribution in [2.24, 2.45) is 23.7 Å². The van der Waals surface area contributed by atoms with Crippen molar-refractivity contribution in [2.45, 2.75) is 48.4 Å². The predicted octanol–water partition coefficient (Wildman–Crippen LogP) is 4.62. The number of halogens is 4. The molecule has 2 aliphatic carbocycles. The molecule has 0 radical (unpaired) electrons. The van der Waals surface area contributed by atoms with Crippen molar-refractivity contribution >= 4 is 38.4 Å². The molecule has 2 aromatic heterocycles. The topological polar surface area (TPSA) is 98.4 Å². The molecule has 3 fully saturated rings. The average Bonchev–Trinajstić information content (AvgIpc) is 3.75. The molecule has 8 nitrogen and oxygen atoms in total. The van der Waals surface area contributed by atoms with Crippen molar-refractivity contribution < 1.29 is 30.8 Å².